The minimum Gasteiger partial charge on any atom is -0.493 e. The Labute approximate surface area is 205 Å². The summed E-state index contributed by atoms with van der Waals surface area (Å²) in [6.45, 7) is 8.17. The third kappa shape index (κ3) is 6.98. The number of nitrogens with zero attached hydrogens (tertiary/aromatic N) is 1. The van der Waals surface area contributed by atoms with Gasteiger partial charge in [0.1, 0.15) is 6.10 Å². The number of aliphatic hydroxyl groups is 1. The number of anilines is 1. The first-order valence-electron chi connectivity index (χ1n) is 10.9. The van der Waals surface area contributed by atoms with Gasteiger partial charge in [-0.05, 0) is 36.6 Å². The number of benzene rings is 2. The summed E-state index contributed by atoms with van der Waals surface area (Å²) in [6, 6.07) is 10.1. The largest absolute Gasteiger partial charge is 0.493 e. The fraction of sp³-hybridized carbons (Fsp3) is 0.385. The third-order valence-electron chi connectivity index (χ3n) is 4.85. The first-order valence-corrected chi connectivity index (χ1v) is 11.2. The van der Waals surface area contributed by atoms with E-state index in [1.807, 2.05) is 20.8 Å². The van der Waals surface area contributed by atoms with Crippen molar-refractivity contribution in [1.29, 1.82) is 0 Å². The number of carbonyl (C=O) groups excluding carboxylic acids is 2. The number of aliphatic hydroxyl groups excluding tert-OH is 1. The van der Waals surface area contributed by atoms with Gasteiger partial charge >= 0.3 is 5.97 Å². The summed E-state index contributed by atoms with van der Waals surface area (Å²) in [4.78, 5) is 26.5. The summed E-state index contributed by atoms with van der Waals surface area (Å²) in [5.74, 6) is -0.206. The molecule has 0 saturated heterocycles. The van der Waals surface area contributed by atoms with Crippen LogP contribution in [0.5, 0.6) is 11.5 Å². The van der Waals surface area contributed by atoms with Crippen molar-refractivity contribution >= 4 is 29.2 Å². The lowest BCUT2D eigenvalue weighted by atomic mass is 9.93. The second-order valence-corrected chi connectivity index (χ2v) is 9.20. The van der Waals surface area contributed by atoms with Crippen molar-refractivity contribution in [3.63, 3.8) is 0 Å². The number of amides is 1. The molecule has 7 nitrogen and oxygen atoms in total. The van der Waals surface area contributed by atoms with Crippen LogP contribution in [0.2, 0.25) is 5.02 Å². The fourth-order valence-corrected chi connectivity index (χ4v) is 3.64. The van der Waals surface area contributed by atoms with Gasteiger partial charge in [-0.2, -0.15) is 0 Å². The minimum absolute atomic E-state index is 0.207. The topological polar surface area (TPSA) is 85.3 Å². The van der Waals surface area contributed by atoms with Crippen LogP contribution in [0.4, 0.5) is 5.69 Å². The highest BCUT2D eigenvalue weighted by Gasteiger charge is 2.28. The monoisotopic (exact) mass is 489 g/mol. The maximum absolute atomic E-state index is 13.2. The van der Waals surface area contributed by atoms with Crippen LogP contribution in [0.1, 0.15) is 44.9 Å². The van der Waals surface area contributed by atoms with Gasteiger partial charge in [0.05, 0.1) is 26.5 Å². The molecule has 34 heavy (non-hydrogen) atoms. The molecule has 1 amide bonds. The van der Waals surface area contributed by atoms with Crippen LogP contribution in [0.15, 0.2) is 48.6 Å². The highest BCUT2D eigenvalue weighted by molar-refractivity contribution is 6.30. The molecule has 0 aromatic heterocycles. The van der Waals surface area contributed by atoms with Crippen LogP contribution in [-0.4, -0.2) is 44.4 Å². The van der Waals surface area contributed by atoms with Crippen LogP contribution >= 0.6 is 11.6 Å². The Kier molecular flexibility index (Phi) is 9.53. The van der Waals surface area contributed by atoms with E-state index in [1.54, 1.807) is 43.3 Å². The molecular formula is C26H32ClNO6. The van der Waals surface area contributed by atoms with Gasteiger partial charge < -0.3 is 24.2 Å². The lowest BCUT2D eigenvalue weighted by molar-refractivity contribution is -0.137. The van der Waals surface area contributed by atoms with E-state index in [9.17, 15) is 14.7 Å². The summed E-state index contributed by atoms with van der Waals surface area (Å²) in [7, 11) is 3.00. The Bertz CT molecular complexity index is 1040. The maximum atomic E-state index is 13.2. The predicted octanol–water partition coefficient (Wildman–Crippen LogP) is 4.94. The average molecular weight is 490 g/mol. The van der Waals surface area contributed by atoms with Gasteiger partial charge in [-0.25, -0.2) is 4.79 Å². The lowest BCUT2D eigenvalue weighted by Gasteiger charge is -2.32. The highest BCUT2D eigenvalue weighted by atomic mass is 35.5. The molecule has 0 radical (unpaired) electrons. The first-order chi connectivity index (χ1) is 16.0. The molecular weight excluding hydrogens is 458 g/mol. The Morgan fingerprint density at radius 1 is 1.09 bits per heavy atom. The first kappa shape index (κ1) is 27.2. The molecule has 2 rings (SSSR count). The van der Waals surface area contributed by atoms with E-state index in [1.165, 1.54) is 25.2 Å². The summed E-state index contributed by atoms with van der Waals surface area (Å²) in [6.07, 6.45) is 1.09. The SMILES string of the molecule is CCOC(=O)C=CC(=O)N(CC(C)(C)C)c1ccc(Cl)cc1[C@H](O)c1cccc(OC)c1OC. The molecule has 0 bridgehead atoms. The zero-order chi connectivity index (χ0) is 25.5. The summed E-state index contributed by atoms with van der Waals surface area (Å²) < 4.78 is 15.7. The normalized spacial score (nSPS) is 12.4. The van der Waals surface area contributed by atoms with Crippen LogP contribution in [0.3, 0.4) is 0 Å². The molecule has 1 atom stereocenters. The van der Waals surface area contributed by atoms with Crippen LogP contribution < -0.4 is 14.4 Å². The molecule has 2 aromatic carbocycles. The molecule has 2 aromatic rings. The number of esters is 1. The van der Waals surface area contributed by atoms with Crippen LogP contribution in [0, 0.1) is 5.41 Å². The maximum Gasteiger partial charge on any atom is 0.330 e. The molecule has 0 aliphatic carbocycles. The van der Waals surface area contributed by atoms with Gasteiger partial charge in [0.25, 0.3) is 5.91 Å². The highest BCUT2D eigenvalue weighted by Crippen LogP contribution is 2.41. The molecule has 0 heterocycles. The van der Waals surface area contributed by atoms with Crippen LogP contribution in [-0.2, 0) is 14.3 Å². The number of hydrogen-bond donors (Lipinski definition) is 1. The van der Waals surface area contributed by atoms with Crippen molar-refractivity contribution < 1.29 is 28.9 Å². The Morgan fingerprint density at radius 3 is 2.38 bits per heavy atom. The number of carbonyl (C=O) groups is 2. The molecule has 0 fully saturated rings. The van der Waals surface area contributed by atoms with Crippen molar-refractivity contribution in [2.45, 2.75) is 33.8 Å². The van der Waals surface area contributed by atoms with Crippen molar-refractivity contribution in [2.75, 3.05) is 32.3 Å². The average Bonchev–Trinajstić information content (AvgIpc) is 2.79. The second-order valence-electron chi connectivity index (χ2n) is 8.76. The number of rotatable bonds is 9. The van der Waals surface area contributed by atoms with E-state index in [0.717, 1.165) is 6.08 Å². The van der Waals surface area contributed by atoms with E-state index in [-0.39, 0.29) is 12.0 Å². The molecule has 0 spiro atoms. The molecule has 0 saturated carbocycles. The Balaban J connectivity index is 2.62. The number of para-hydroxylation sites is 1. The van der Waals surface area contributed by atoms with Gasteiger partial charge in [0.2, 0.25) is 0 Å². The van der Waals surface area contributed by atoms with Crippen LogP contribution in [0.25, 0.3) is 0 Å². The summed E-state index contributed by atoms with van der Waals surface area (Å²) in [5.41, 5.74) is 1.02. The summed E-state index contributed by atoms with van der Waals surface area (Å²) >= 11 is 6.29. The lowest BCUT2D eigenvalue weighted by Crippen LogP contribution is -2.38. The van der Waals surface area contributed by atoms with Gasteiger partial charge in [-0.1, -0.05) is 44.5 Å². The third-order valence-corrected chi connectivity index (χ3v) is 5.09. The standard InChI is InChI=1S/C26H32ClNO6/c1-7-34-23(30)14-13-22(29)28(16-26(2,3)4)20-12-11-17(27)15-19(20)24(31)18-9-8-10-21(32-5)25(18)33-6/h8-15,24,31H,7,16H2,1-6H3/t24-/m1/s1. The van der Waals surface area contributed by atoms with Gasteiger partial charge in [0.15, 0.2) is 11.5 Å². The number of ether oxygens (including phenoxy) is 3. The quantitative estimate of drug-likeness (QED) is 0.397. The van der Waals surface area contributed by atoms with E-state index in [0.29, 0.717) is 39.9 Å². The molecule has 0 aliphatic rings. The smallest absolute Gasteiger partial charge is 0.330 e. The van der Waals surface area contributed by atoms with Gasteiger partial charge in [-0.3, -0.25) is 4.79 Å². The molecule has 0 aliphatic heterocycles. The minimum atomic E-state index is -1.18. The number of hydrogen-bond acceptors (Lipinski definition) is 6. The summed E-state index contributed by atoms with van der Waals surface area (Å²) in [5, 5.41) is 11.8. The molecule has 0 unspecified atom stereocenters. The van der Waals surface area contributed by atoms with E-state index < -0.39 is 18.0 Å². The van der Waals surface area contributed by atoms with Crippen molar-refractivity contribution in [1.82, 2.24) is 0 Å². The van der Waals surface area contributed by atoms with E-state index in [4.69, 9.17) is 25.8 Å². The zero-order valence-electron chi connectivity index (χ0n) is 20.4. The van der Waals surface area contributed by atoms with Crippen molar-refractivity contribution in [3.05, 3.63) is 64.7 Å². The number of methoxy groups -OCH3 is 2. The van der Waals surface area contributed by atoms with E-state index in [2.05, 4.69) is 0 Å². The zero-order valence-corrected chi connectivity index (χ0v) is 21.2. The fourth-order valence-electron chi connectivity index (χ4n) is 3.46. The van der Waals surface area contributed by atoms with Gasteiger partial charge in [-0.15, -0.1) is 0 Å². The second kappa shape index (κ2) is 11.9. The van der Waals surface area contributed by atoms with Crippen molar-refractivity contribution in [3.8, 4) is 11.5 Å². The Morgan fingerprint density at radius 2 is 1.79 bits per heavy atom. The van der Waals surface area contributed by atoms with Gasteiger partial charge in [0, 0.05) is 34.8 Å². The Hall–Kier alpha value is -3.03. The number of halogens is 1. The van der Waals surface area contributed by atoms with Crippen molar-refractivity contribution in [2.24, 2.45) is 5.41 Å². The molecule has 184 valence electrons. The predicted molar refractivity (Wildman–Crippen MR) is 133 cm³/mol. The molecule has 1 N–H and O–H groups in total. The van der Waals surface area contributed by atoms with E-state index >= 15 is 0 Å². The molecule has 8 heteroatoms.